The van der Waals surface area contributed by atoms with Crippen molar-refractivity contribution in [2.45, 2.75) is 44.3 Å². The summed E-state index contributed by atoms with van der Waals surface area (Å²) in [6.07, 6.45) is 3.07. The molecule has 0 aromatic carbocycles. The molecule has 1 saturated heterocycles. The molecule has 3 fully saturated rings. The van der Waals surface area contributed by atoms with E-state index < -0.39 is 17.7 Å². The molecule has 1 heterocycles. The molecule has 5 unspecified atom stereocenters. The van der Waals surface area contributed by atoms with Crippen molar-refractivity contribution in [3.8, 4) is 0 Å². The van der Waals surface area contributed by atoms with Gasteiger partial charge in [0, 0.05) is 5.92 Å². The Morgan fingerprint density at radius 3 is 2.83 bits per heavy atom. The molecule has 0 aromatic heterocycles. The SMILES string of the molecule is C=C1CCC2(O)C(=C)C(=O)OC2C2C(C)CCC12. The second-order valence-corrected chi connectivity index (χ2v) is 6.13. The predicted molar refractivity (Wildman–Crippen MR) is 67.7 cm³/mol. The standard InChI is InChI=1S/C15H20O3/c1-8-6-7-15(17)10(3)14(16)18-13(15)12-9(2)4-5-11(8)12/h9,11-13,17H,1,3-7H2,2H3. The van der Waals surface area contributed by atoms with Crippen LogP contribution in [0.1, 0.15) is 32.6 Å². The monoisotopic (exact) mass is 248 g/mol. The number of aliphatic hydroxyl groups is 1. The van der Waals surface area contributed by atoms with Crippen molar-refractivity contribution in [1.82, 2.24) is 0 Å². The van der Waals surface area contributed by atoms with Crippen molar-refractivity contribution in [2.75, 3.05) is 0 Å². The van der Waals surface area contributed by atoms with Crippen molar-refractivity contribution in [2.24, 2.45) is 17.8 Å². The molecular formula is C15H20O3. The molecule has 0 bridgehead atoms. The number of carbonyl (C=O) groups is 1. The van der Waals surface area contributed by atoms with Crippen molar-refractivity contribution >= 4 is 5.97 Å². The number of rotatable bonds is 0. The highest BCUT2D eigenvalue weighted by Gasteiger charge is 2.59. The summed E-state index contributed by atoms with van der Waals surface area (Å²) in [5, 5.41) is 10.8. The van der Waals surface area contributed by atoms with Crippen LogP contribution >= 0.6 is 0 Å². The lowest BCUT2D eigenvalue weighted by atomic mass is 9.77. The number of esters is 1. The van der Waals surface area contributed by atoms with Crippen molar-refractivity contribution < 1.29 is 14.6 Å². The smallest absolute Gasteiger partial charge is 0.336 e. The topological polar surface area (TPSA) is 46.5 Å². The average molecular weight is 248 g/mol. The predicted octanol–water partition coefficient (Wildman–Crippen LogP) is 2.21. The van der Waals surface area contributed by atoms with Gasteiger partial charge in [-0.05, 0) is 37.5 Å². The van der Waals surface area contributed by atoms with Gasteiger partial charge in [-0.3, -0.25) is 0 Å². The van der Waals surface area contributed by atoms with Crippen LogP contribution < -0.4 is 0 Å². The third-order valence-electron chi connectivity index (χ3n) is 5.23. The highest BCUT2D eigenvalue weighted by molar-refractivity contribution is 5.93. The van der Waals surface area contributed by atoms with E-state index in [1.54, 1.807) is 0 Å². The molecule has 18 heavy (non-hydrogen) atoms. The van der Waals surface area contributed by atoms with Crippen molar-refractivity contribution in [3.05, 3.63) is 24.3 Å². The molecular weight excluding hydrogens is 228 g/mol. The second kappa shape index (κ2) is 3.70. The molecule has 0 amide bonds. The molecule has 3 aliphatic rings. The molecule has 2 saturated carbocycles. The zero-order valence-electron chi connectivity index (χ0n) is 10.8. The minimum Gasteiger partial charge on any atom is -0.455 e. The fraction of sp³-hybridized carbons (Fsp3) is 0.667. The lowest BCUT2D eigenvalue weighted by molar-refractivity contribution is -0.146. The third kappa shape index (κ3) is 1.37. The molecule has 5 atom stereocenters. The maximum atomic E-state index is 11.7. The maximum absolute atomic E-state index is 11.7. The van der Waals surface area contributed by atoms with Crippen LogP contribution in [0.3, 0.4) is 0 Å². The van der Waals surface area contributed by atoms with Gasteiger partial charge in [0.1, 0.15) is 11.7 Å². The highest BCUT2D eigenvalue weighted by atomic mass is 16.6. The quantitative estimate of drug-likeness (QED) is 0.406. The van der Waals surface area contributed by atoms with Gasteiger partial charge in [0.05, 0.1) is 5.57 Å². The van der Waals surface area contributed by atoms with Crippen LogP contribution in [0.5, 0.6) is 0 Å². The number of ether oxygens (including phenoxy) is 1. The van der Waals surface area contributed by atoms with Gasteiger partial charge in [-0.15, -0.1) is 0 Å². The number of hydrogen-bond donors (Lipinski definition) is 1. The first-order valence-electron chi connectivity index (χ1n) is 6.75. The molecule has 2 aliphatic carbocycles. The molecule has 1 aliphatic heterocycles. The third-order valence-corrected chi connectivity index (χ3v) is 5.23. The van der Waals surface area contributed by atoms with Gasteiger partial charge >= 0.3 is 5.97 Å². The fourth-order valence-electron chi connectivity index (χ4n) is 4.07. The van der Waals surface area contributed by atoms with Gasteiger partial charge in [0.25, 0.3) is 0 Å². The fourth-order valence-corrected chi connectivity index (χ4v) is 4.07. The van der Waals surface area contributed by atoms with E-state index in [9.17, 15) is 9.90 Å². The van der Waals surface area contributed by atoms with Crippen molar-refractivity contribution in [3.63, 3.8) is 0 Å². The van der Waals surface area contributed by atoms with Crippen LogP contribution in [0.2, 0.25) is 0 Å². The first-order chi connectivity index (χ1) is 8.45. The van der Waals surface area contributed by atoms with Crippen LogP contribution in [0.4, 0.5) is 0 Å². The molecule has 0 aromatic rings. The number of carbonyl (C=O) groups excluding carboxylic acids is 1. The first kappa shape index (κ1) is 12.0. The summed E-state index contributed by atoms with van der Waals surface area (Å²) < 4.78 is 5.46. The maximum Gasteiger partial charge on any atom is 0.336 e. The Labute approximate surface area is 108 Å². The van der Waals surface area contributed by atoms with Crippen LogP contribution in [0, 0.1) is 17.8 Å². The largest absolute Gasteiger partial charge is 0.455 e. The summed E-state index contributed by atoms with van der Waals surface area (Å²) in [5.41, 5.74) is 0.272. The Morgan fingerprint density at radius 1 is 1.39 bits per heavy atom. The van der Waals surface area contributed by atoms with Gasteiger partial charge in [-0.25, -0.2) is 4.79 Å². The Kier molecular flexibility index (Phi) is 2.46. The number of hydrogen-bond acceptors (Lipinski definition) is 3. The van der Waals surface area contributed by atoms with Crippen LogP contribution in [-0.2, 0) is 9.53 Å². The van der Waals surface area contributed by atoms with Crippen molar-refractivity contribution in [1.29, 1.82) is 0 Å². The van der Waals surface area contributed by atoms with Crippen LogP contribution in [0.15, 0.2) is 24.3 Å². The number of fused-ring (bicyclic) bond motifs is 3. The molecule has 3 nitrogen and oxygen atoms in total. The minimum absolute atomic E-state index is 0.202. The van der Waals surface area contributed by atoms with E-state index in [4.69, 9.17) is 4.74 Å². The van der Waals surface area contributed by atoms with E-state index in [-0.39, 0.29) is 11.5 Å². The Balaban J connectivity index is 2.05. The zero-order chi connectivity index (χ0) is 13.1. The Morgan fingerprint density at radius 2 is 2.11 bits per heavy atom. The summed E-state index contributed by atoms with van der Waals surface area (Å²) in [4.78, 5) is 11.7. The summed E-state index contributed by atoms with van der Waals surface area (Å²) in [7, 11) is 0. The average Bonchev–Trinajstić information content (AvgIpc) is 2.77. The Hall–Kier alpha value is -1.09. The molecule has 0 radical (unpaired) electrons. The molecule has 98 valence electrons. The van der Waals surface area contributed by atoms with E-state index in [0.29, 0.717) is 18.3 Å². The zero-order valence-corrected chi connectivity index (χ0v) is 10.8. The Bertz CT molecular complexity index is 439. The highest BCUT2D eigenvalue weighted by Crippen LogP contribution is 2.53. The summed E-state index contributed by atoms with van der Waals surface area (Å²) >= 11 is 0. The summed E-state index contributed by atoms with van der Waals surface area (Å²) in [6, 6.07) is 0. The second-order valence-electron chi connectivity index (χ2n) is 6.13. The molecule has 3 heteroatoms. The summed E-state index contributed by atoms with van der Waals surface area (Å²) in [6.45, 7) is 10.1. The van der Waals surface area contributed by atoms with Gasteiger partial charge < -0.3 is 9.84 Å². The minimum atomic E-state index is -1.17. The van der Waals surface area contributed by atoms with Crippen LogP contribution in [0.25, 0.3) is 0 Å². The molecule has 3 rings (SSSR count). The van der Waals surface area contributed by atoms with Gasteiger partial charge in [0.2, 0.25) is 0 Å². The number of allylic oxidation sites excluding steroid dienone is 1. The summed E-state index contributed by atoms with van der Waals surface area (Å²) in [5.74, 6) is 0.624. The van der Waals surface area contributed by atoms with Gasteiger partial charge in [-0.1, -0.05) is 25.7 Å². The van der Waals surface area contributed by atoms with Gasteiger partial charge in [0.15, 0.2) is 0 Å². The van der Waals surface area contributed by atoms with E-state index in [0.717, 1.165) is 19.3 Å². The van der Waals surface area contributed by atoms with E-state index in [1.807, 2.05) is 0 Å². The van der Waals surface area contributed by atoms with Gasteiger partial charge in [-0.2, -0.15) is 0 Å². The lowest BCUT2D eigenvalue weighted by Gasteiger charge is -2.33. The normalized spacial score (nSPS) is 47.6. The van der Waals surface area contributed by atoms with Crippen LogP contribution in [-0.4, -0.2) is 22.8 Å². The molecule has 1 N–H and O–H groups in total. The molecule has 0 spiro atoms. The van der Waals surface area contributed by atoms with E-state index in [2.05, 4.69) is 20.1 Å². The lowest BCUT2D eigenvalue weighted by Crippen LogP contribution is -2.44. The first-order valence-corrected chi connectivity index (χ1v) is 6.75. The van der Waals surface area contributed by atoms with E-state index in [1.165, 1.54) is 5.57 Å². The van der Waals surface area contributed by atoms with E-state index >= 15 is 0 Å².